The number of benzene rings is 1. The van der Waals surface area contributed by atoms with Crippen LogP contribution in [-0.4, -0.2) is 33.0 Å². The first kappa shape index (κ1) is 10.2. The van der Waals surface area contributed by atoms with E-state index in [0.717, 1.165) is 10.9 Å². The third kappa shape index (κ3) is 1.74. The number of aliphatic hydroxyl groups excluding tert-OH is 3. The van der Waals surface area contributed by atoms with Crippen molar-refractivity contribution in [2.45, 2.75) is 12.2 Å². The van der Waals surface area contributed by atoms with Crippen LogP contribution >= 0.6 is 0 Å². The van der Waals surface area contributed by atoms with Crippen molar-refractivity contribution in [2.75, 3.05) is 6.61 Å². The summed E-state index contributed by atoms with van der Waals surface area (Å²) in [5.41, 5.74) is 1.39. The first-order valence-corrected chi connectivity index (χ1v) is 4.77. The molecule has 0 bridgehead atoms. The molecule has 2 atom stereocenters. The second-order valence-electron chi connectivity index (χ2n) is 3.48. The molecule has 15 heavy (non-hydrogen) atoms. The number of para-hydroxylation sites is 1. The van der Waals surface area contributed by atoms with E-state index in [-0.39, 0.29) is 0 Å². The van der Waals surface area contributed by atoms with Gasteiger partial charge in [-0.1, -0.05) is 18.2 Å². The molecule has 1 aromatic carbocycles. The third-order valence-corrected chi connectivity index (χ3v) is 2.49. The van der Waals surface area contributed by atoms with E-state index in [9.17, 15) is 10.2 Å². The molecule has 0 amide bonds. The van der Waals surface area contributed by atoms with E-state index >= 15 is 0 Å². The van der Waals surface area contributed by atoms with E-state index in [4.69, 9.17) is 5.11 Å². The van der Waals surface area contributed by atoms with Gasteiger partial charge in [0.1, 0.15) is 12.2 Å². The molecule has 0 aliphatic rings. The summed E-state index contributed by atoms with van der Waals surface area (Å²) in [6, 6.07) is 7.32. The maximum absolute atomic E-state index is 9.78. The minimum atomic E-state index is -1.15. The maximum atomic E-state index is 9.78. The Labute approximate surface area is 86.8 Å². The number of aliphatic hydroxyl groups is 3. The van der Waals surface area contributed by atoms with E-state index in [2.05, 4.69) is 4.98 Å². The summed E-state index contributed by atoms with van der Waals surface area (Å²) in [6.45, 7) is -0.460. The van der Waals surface area contributed by atoms with Crippen molar-refractivity contribution in [2.24, 2.45) is 0 Å². The Morgan fingerprint density at radius 1 is 1.20 bits per heavy atom. The van der Waals surface area contributed by atoms with Crippen LogP contribution in [0.1, 0.15) is 11.7 Å². The van der Waals surface area contributed by atoms with Gasteiger partial charge in [0.2, 0.25) is 0 Å². The molecule has 4 N–H and O–H groups in total. The zero-order valence-corrected chi connectivity index (χ0v) is 8.09. The van der Waals surface area contributed by atoms with Crippen molar-refractivity contribution in [3.63, 3.8) is 0 Å². The quantitative estimate of drug-likeness (QED) is 0.593. The molecule has 4 heteroatoms. The smallest absolute Gasteiger partial charge is 0.109 e. The maximum Gasteiger partial charge on any atom is 0.109 e. The van der Waals surface area contributed by atoms with Crippen LogP contribution in [0.5, 0.6) is 0 Å². The number of hydrogen-bond acceptors (Lipinski definition) is 3. The fourth-order valence-electron chi connectivity index (χ4n) is 1.66. The van der Waals surface area contributed by atoms with Gasteiger partial charge >= 0.3 is 0 Å². The summed E-state index contributed by atoms with van der Waals surface area (Å²) < 4.78 is 0. The van der Waals surface area contributed by atoms with Crippen LogP contribution < -0.4 is 0 Å². The predicted octanol–water partition coefficient (Wildman–Crippen LogP) is 0.555. The summed E-state index contributed by atoms with van der Waals surface area (Å²) in [4.78, 5) is 3.00. The molecule has 1 heterocycles. The fourth-order valence-corrected chi connectivity index (χ4v) is 1.66. The summed E-state index contributed by atoms with van der Waals surface area (Å²) in [7, 11) is 0. The van der Waals surface area contributed by atoms with Crippen LogP contribution in [0.25, 0.3) is 10.9 Å². The Morgan fingerprint density at radius 2 is 2.00 bits per heavy atom. The van der Waals surface area contributed by atoms with E-state index in [0.29, 0.717) is 5.56 Å². The molecule has 0 saturated heterocycles. The Kier molecular flexibility index (Phi) is 2.73. The van der Waals surface area contributed by atoms with Gasteiger partial charge in [-0.15, -0.1) is 0 Å². The van der Waals surface area contributed by atoms with Gasteiger partial charge in [-0.3, -0.25) is 0 Å². The average molecular weight is 207 g/mol. The summed E-state index contributed by atoms with van der Waals surface area (Å²) >= 11 is 0. The van der Waals surface area contributed by atoms with E-state index in [1.165, 1.54) is 0 Å². The number of hydrogen-bond donors (Lipinski definition) is 4. The fraction of sp³-hybridized carbons (Fsp3) is 0.273. The summed E-state index contributed by atoms with van der Waals surface area (Å²) in [5.74, 6) is 0. The van der Waals surface area contributed by atoms with Crippen molar-refractivity contribution < 1.29 is 15.3 Å². The van der Waals surface area contributed by atoms with Gasteiger partial charge in [0.15, 0.2) is 0 Å². The molecular formula is C11H13NO3. The minimum absolute atomic E-state index is 0.460. The first-order valence-electron chi connectivity index (χ1n) is 4.77. The average Bonchev–Trinajstić information content (AvgIpc) is 2.74. The minimum Gasteiger partial charge on any atom is -0.394 e. The molecule has 80 valence electrons. The van der Waals surface area contributed by atoms with Crippen LogP contribution in [0.2, 0.25) is 0 Å². The summed E-state index contributed by atoms with van der Waals surface area (Å²) in [6.07, 6.45) is -0.456. The molecule has 4 nitrogen and oxygen atoms in total. The normalized spacial score (nSPS) is 15.4. The molecule has 0 aliphatic carbocycles. The van der Waals surface area contributed by atoms with Crippen molar-refractivity contribution in [1.82, 2.24) is 4.98 Å². The zero-order valence-electron chi connectivity index (χ0n) is 8.09. The van der Waals surface area contributed by atoms with Crippen LogP contribution in [0.3, 0.4) is 0 Å². The number of rotatable bonds is 3. The van der Waals surface area contributed by atoms with Crippen LogP contribution in [-0.2, 0) is 0 Å². The van der Waals surface area contributed by atoms with Crippen molar-refractivity contribution in [3.8, 4) is 0 Å². The second kappa shape index (κ2) is 4.02. The highest BCUT2D eigenvalue weighted by atomic mass is 16.4. The van der Waals surface area contributed by atoms with Crippen LogP contribution in [0, 0.1) is 0 Å². The highest BCUT2D eigenvalue weighted by Crippen LogP contribution is 2.24. The number of aromatic nitrogens is 1. The molecule has 0 aliphatic heterocycles. The monoisotopic (exact) mass is 207 g/mol. The van der Waals surface area contributed by atoms with Gasteiger partial charge in [0, 0.05) is 11.8 Å². The van der Waals surface area contributed by atoms with Gasteiger partial charge in [0.05, 0.1) is 12.1 Å². The van der Waals surface area contributed by atoms with Crippen LogP contribution in [0.15, 0.2) is 30.5 Å². The molecule has 0 spiro atoms. The highest BCUT2D eigenvalue weighted by molar-refractivity contribution is 5.82. The number of H-pyrrole nitrogens is 1. The Morgan fingerprint density at radius 3 is 2.73 bits per heavy atom. The Balaban J connectivity index is 2.46. The van der Waals surface area contributed by atoms with Crippen LogP contribution in [0.4, 0.5) is 0 Å². The van der Waals surface area contributed by atoms with E-state index in [1.54, 1.807) is 18.3 Å². The van der Waals surface area contributed by atoms with Crippen molar-refractivity contribution in [1.29, 1.82) is 0 Å². The lowest BCUT2D eigenvalue weighted by Crippen LogP contribution is -2.22. The molecule has 1 aromatic heterocycles. The largest absolute Gasteiger partial charge is 0.394 e. The topological polar surface area (TPSA) is 76.5 Å². The van der Waals surface area contributed by atoms with Gasteiger partial charge in [0.25, 0.3) is 0 Å². The van der Waals surface area contributed by atoms with Gasteiger partial charge < -0.3 is 20.3 Å². The predicted molar refractivity (Wildman–Crippen MR) is 56.4 cm³/mol. The number of nitrogens with one attached hydrogen (secondary N) is 1. The Bertz CT molecular complexity index is 452. The molecule has 2 unspecified atom stereocenters. The molecule has 0 saturated carbocycles. The lowest BCUT2D eigenvalue weighted by Gasteiger charge is -2.16. The molecule has 2 rings (SSSR count). The van der Waals surface area contributed by atoms with E-state index < -0.39 is 18.8 Å². The lowest BCUT2D eigenvalue weighted by molar-refractivity contribution is -0.0146. The third-order valence-electron chi connectivity index (χ3n) is 2.49. The first-order chi connectivity index (χ1) is 7.24. The van der Waals surface area contributed by atoms with Gasteiger partial charge in [-0.25, -0.2) is 0 Å². The van der Waals surface area contributed by atoms with Gasteiger partial charge in [-0.2, -0.15) is 0 Å². The van der Waals surface area contributed by atoms with E-state index in [1.807, 2.05) is 12.1 Å². The highest BCUT2D eigenvalue weighted by Gasteiger charge is 2.19. The SMILES string of the molecule is OCC(O)C(O)c1cccc2cc[nH]c12. The molecule has 0 radical (unpaired) electrons. The molecule has 2 aromatic rings. The van der Waals surface area contributed by atoms with Gasteiger partial charge in [-0.05, 0) is 11.5 Å². The van der Waals surface area contributed by atoms with Crippen molar-refractivity contribution in [3.05, 3.63) is 36.0 Å². The lowest BCUT2D eigenvalue weighted by atomic mass is 10.0. The molecule has 0 fully saturated rings. The Hall–Kier alpha value is -1.36. The zero-order chi connectivity index (χ0) is 10.8. The second-order valence-corrected chi connectivity index (χ2v) is 3.48. The summed E-state index contributed by atoms with van der Waals surface area (Å²) in [5, 5.41) is 28.9. The number of fused-ring (bicyclic) bond motifs is 1. The standard InChI is InChI=1S/C11H13NO3/c13-6-9(14)11(15)8-3-1-2-7-4-5-12-10(7)8/h1-5,9,11-15H,6H2. The molecular weight excluding hydrogens is 194 g/mol. The van der Waals surface area contributed by atoms with Crippen molar-refractivity contribution >= 4 is 10.9 Å². The number of aromatic amines is 1.